The van der Waals surface area contributed by atoms with Crippen molar-refractivity contribution in [3.05, 3.63) is 35.2 Å². The molecular weight excluding hydrogens is 204 g/mol. The maximum absolute atomic E-state index is 4.15. The molecule has 0 aliphatic carbocycles. The Morgan fingerprint density at radius 2 is 2.27 bits per heavy atom. The van der Waals surface area contributed by atoms with Crippen LogP contribution in [0.25, 0.3) is 10.9 Å². The highest BCUT2D eigenvalue weighted by atomic mass is 79.9. The van der Waals surface area contributed by atoms with Gasteiger partial charge in [0.25, 0.3) is 0 Å². The van der Waals surface area contributed by atoms with Gasteiger partial charge in [0, 0.05) is 16.1 Å². The van der Waals surface area contributed by atoms with E-state index < -0.39 is 0 Å². The van der Waals surface area contributed by atoms with Crippen molar-refractivity contribution in [2.24, 2.45) is 0 Å². The summed E-state index contributed by atoms with van der Waals surface area (Å²) in [6.45, 7) is 0. The van der Waals surface area contributed by atoms with E-state index in [-0.39, 0.29) is 0 Å². The summed E-state index contributed by atoms with van der Waals surface area (Å²) < 4.78 is 0.976. The first-order valence-electron chi connectivity index (χ1n) is 3.13. The molecule has 2 heterocycles. The van der Waals surface area contributed by atoms with Crippen LogP contribution in [-0.4, -0.2) is 9.97 Å². The number of halogens is 1. The highest BCUT2D eigenvalue weighted by Gasteiger charge is 1.93. The molecule has 0 atom stereocenters. The predicted octanol–water partition coefficient (Wildman–Crippen LogP) is 2.19. The van der Waals surface area contributed by atoms with Gasteiger partial charge in [-0.3, -0.25) is 9.97 Å². The molecule has 0 saturated carbocycles. The molecule has 0 aromatic carbocycles. The van der Waals surface area contributed by atoms with Crippen LogP contribution in [0.2, 0.25) is 0 Å². The molecule has 2 aromatic rings. The average Bonchev–Trinajstić information content (AvgIpc) is 2.04. The van der Waals surface area contributed by atoms with Crippen LogP contribution < -0.4 is 0 Å². The second kappa shape index (κ2) is 2.58. The van der Waals surface area contributed by atoms with E-state index in [0.29, 0.717) is 0 Å². The summed E-state index contributed by atoms with van der Waals surface area (Å²) in [5.41, 5.74) is 0.895. The van der Waals surface area contributed by atoms with Crippen molar-refractivity contribution >= 4 is 26.8 Å². The molecule has 0 N–H and O–H groups in total. The molecule has 0 bridgehead atoms. The average molecular weight is 208 g/mol. The van der Waals surface area contributed by atoms with Crippen molar-refractivity contribution in [1.29, 1.82) is 0 Å². The van der Waals surface area contributed by atoms with E-state index in [1.807, 2.05) is 12.1 Å². The highest BCUT2D eigenvalue weighted by Crippen LogP contribution is 2.14. The Morgan fingerprint density at radius 3 is 3.18 bits per heavy atom. The normalized spacial score (nSPS) is 10.3. The zero-order valence-corrected chi connectivity index (χ0v) is 7.17. The van der Waals surface area contributed by atoms with Gasteiger partial charge in [0.1, 0.15) is 0 Å². The fraction of sp³-hybridized carbons (Fsp3) is 0. The summed E-state index contributed by atoms with van der Waals surface area (Å²) >= 11 is 3.34. The zero-order valence-electron chi connectivity index (χ0n) is 5.58. The molecule has 0 spiro atoms. The van der Waals surface area contributed by atoms with Gasteiger partial charge in [-0.15, -0.1) is 0 Å². The Morgan fingerprint density at radius 1 is 1.36 bits per heavy atom. The molecular formula is C8H4BrN2. The maximum Gasteiger partial charge on any atom is 0.0894 e. The molecule has 0 saturated heterocycles. The molecule has 0 aliphatic heterocycles. The second-order valence-electron chi connectivity index (χ2n) is 2.16. The number of rotatable bonds is 0. The second-order valence-corrected chi connectivity index (χ2v) is 3.08. The summed E-state index contributed by atoms with van der Waals surface area (Å²) in [6, 6.07) is 3.80. The molecule has 11 heavy (non-hydrogen) atoms. The van der Waals surface area contributed by atoms with Gasteiger partial charge in [0.2, 0.25) is 0 Å². The van der Waals surface area contributed by atoms with Gasteiger partial charge in [0.05, 0.1) is 17.9 Å². The van der Waals surface area contributed by atoms with Gasteiger partial charge in [-0.2, -0.15) is 0 Å². The van der Waals surface area contributed by atoms with Crippen molar-refractivity contribution in [3.63, 3.8) is 0 Å². The number of hydrogen-bond donors (Lipinski definition) is 0. The van der Waals surface area contributed by atoms with Crippen LogP contribution in [0.5, 0.6) is 0 Å². The lowest BCUT2D eigenvalue weighted by Gasteiger charge is -1.93. The minimum Gasteiger partial charge on any atom is -0.253 e. The van der Waals surface area contributed by atoms with Crippen LogP contribution in [0.3, 0.4) is 0 Å². The number of aromatic nitrogens is 2. The summed E-state index contributed by atoms with van der Waals surface area (Å²) in [7, 11) is 0. The van der Waals surface area contributed by atoms with Crippen LogP contribution in [0.15, 0.2) is 29.0 Å². The van der Waals surface area contributed by atoms with Crippen LogP contribution in [0, 0.1) is 6.20 Å². The van der Waals surface area contributed by atoms with Gasteiger partial charge in [-0.25, -0.2) is 0 Å². The Hall–Kier alpha value is -0.960. The minimum atomic E-state index is 0.895. The topological polar surface area (TPSA) is 25.8 Å². The number of hydrogen-bond acceptors (Lipinski definition) is 2. The van der Waals surface area contributed by atoms with Crippen molar-refractivity contribution in [1.82, 2.24) is 9.97 Å². The van der Waals surface area contributed by atoms with Crippen molar-refractivity contribution in [2.75, 3.05) is 0 Å². The summed E-state index contributed by atoms with van der Waals surface area (Å²) in [5.74, 6) is 0. The molecule has 0 unspecified atom stereocenters. The monoisotopic (exact) mass is 207 g/mol. The summed E-state index contributed by atoms with van der Waals surface area (Å²) in [5, 5.41) is 1.05. The smallest absolute Gasteiger partial charge is 0.0894 e. The number of nitrogens with zero attached hydrogens (tertiary/aromatic N) is 2. The maximum atomic E-state index is 4.15. The molecule has 0 amide bonds. The molecule has 2 nitrogen and oxygen atoms in total. The van der Waals surface area contributed by atoms with Crippen molar-refractivity contribution < 1.29 is 0 Å². The molecule has 2 rings (SSSR count). The van der Waals surface area contributed by atoms with Crippen LogP contribution in [0.1, 0.15) is 0 Å². The standard InChI is InChI=1S/C8H4BrN2/c9-7-3-6-1-2-10-5-8(6)11-4-7/h1,3-5H. The Labute approximate surface area is 72.4 Å². The van der Waals surface area contributed by atoms with E-state index in [1.165, 1.54) is 0 Å². The Bertz CT molecular complexity index is 387. The third kappa shape index (κ3) is 1.24. The SMILES string of the molecule is Brc1cnc2cn[c]cc2c1. The quantitative estimate of drug-likeness (QED) is 0.663. The van der Waals surface area contributed by atoms with Gasteiger partial charge < -0.3 is 0 Å². The van der Waals surface area contributed by atoms with Gasteiger partial charge in [0.15, 0.2) is 0 Å². The van der Waals surface area contributed by atoms with Crippen LogP contribution in [0.4, 0.5) is 0 Å². The van der Waals surface area contributed by atoms with E-state index in [4.69, 9.17) is 0 Å². The highest BCUT2D eigenvalue weighted by molar-refractivity contribution is 9.10. The fourth-order valence-corrected chi connectivity index (χ4v) is 1.24. The lowest BCUT2D eigenvalue weighted by molar-refractivity contribution is 1.29. The van der Waals surface area contributed by atoms with E-state index in [2.05, 4.69) is 32.1 Å². The third-order valence-electron chi connectivity index (χ3n) is 1.40. The van der Waals surface area contributed by atoms with E-state index in [1.54, 1.807) is 12.4 Å². The molecule has 3 heteroatoms. The summed E-state index contributed by atoms with van der Waals surface area (Å²) in [4.78, 5) is 7.99. The summed E-state index contributed by atoms with van der Waals surface area (Å²) in [6.07, 6.45) is 6.20. The lowest BCUT2D eigenvalue weighted by atomic mass is 10.3. The predicted molar refractivity (Wildman–Crippen MR) is 46.1 cm³/mol. The fourth-order valence-electron chi connectivity index (χ4n) is 0.894. The van der Waals surface area contributed by atoms with Crippen LogP contribution in [-0.2, 0) is 0 Å². The van der Waals surface area contributed by atoms with E-state index in [9.17, 15) is 0 Å². The molecule has 0 fully saturated rings. The Kier molecular flexibility index (Phi) is 1.58. The number of pyridine rings is 2. The number of fused-ring (bicyclic) bond motifs is 1. The zero-order chi connectivity index (χ0) is 7.68. The molecule has 1 radical (unpaired) electrons. The molecule has 2 aromatic heterocycles. The minimum absolute atomic E-state index is 0.895. The van der Waals surface area contributed by atoms with Gasteiger partial charge >= 0.3 is 0 Å². The lowest BCUT2D eigenvalue weighted by Crippen LogP contribution is -1.79. The molecule has 0 aliphatic rings. The van der Waals surface area contributed by atoms with E-state index in [0.717, 1.165) is 15.4 Å². The van der Waals surface area contributed by atoms with Crippen LogP contribution >= 0.6 is 15.9 Å². The third-order valence-corrected chi connectivity index (χ3v) is 1.83. The first-order chi connectivity index (χ1) is 5.36. The van der Waals surface area contributed by atoms with Gasteiger partial charge in [-0.05, 0) is 28.1 Å². The molecule has 53 valence electrons. The Balaban J connectivity index is 2.83. The van der Waals surface area contributed by atoms with E-state index >= 15 is 0 Å². The van der Waals surface area contributed by atoms with Gasteiger partial charge in [-0.1, -0.05) is 0 Å². The van der Waals surface area contributed by atoms with Crippen molar-refractivity contribution in [2.45, 2.75) is 0 Å². The first-order valence-corrected chi connectivity index (χ1v) is 3.93. The first kappa shape index (κ1) is 6.73. The van der Waals surface area contributed by atoms with Crippen molar-refractivity contribution in [3.8, 4) is 0 Å². The largest absolute Gasteiger partial charge is 0.253 e.